The van der Waals surface area contributed by atoms with Crippen LogP contribution < -0.4 is 0 Å². The fourth-order valence-electron chi connectivity index (χ4n) is 1.97. The Balaban J connectivity index is 2.30. The van der Waals surface area contributed by atoms with Crippen LogP contribution in [0.3, 0.4) is 0 Å². The van der Waals surface area contributed by atoms with Crippen LogP contribution in [0.25, 0.3) is 0 Å². The van der Waals surface area contributed by atoms with Gasteiger partial charge in [-0.15, -0.1) is 0 Å². The largest absolute Gasteiger partial charge is 0.379 e. The normalized spacial score (nSPS) is 12.9. The van der Waals surface area contributed by atoms with Crippen molar-refractivity contribution in [3.05, 3.63) is 36.2 Å². The molecule has 2 rings (SSSR count). The monoisotopic (exact) mass is 234 g/mol. The van der Waals surface area contributed by atoms with Gasteiger partial charge in [0.05, 0.1) is 5.69 Å². The van der Waals surface area contributed by atoms with E-state index in [-0.39, 0.29) is 0 Å². The summed E-state index contributed by atoms with van der Waals surface area (Å²) in [6.45, 7) is 5.72. The molecule has 5 nitrogen and oxygen atoms in total. The summed E-state index contributed by atoms with van der Waals surface area (Å²) in [5.74, 6) is 0.682. The highest BCUT2D eigenvalue weighted by Gasteiger charge is 2.19. The maximum atomic E-state index is 10.3. The summed E-state index contributed by atoms with van der Waals surface area (Å²) in [4.78, 5) is 4.24. The number of aliphatic hydroxyl groups is 1. The van der Waals surface area contributed by atoms with Crippen molar-refractivity contribution in [3.8, 4) is 0 Å². The molecular formula is C12H18N4O. The maximum Gasteiger partial charge on any atom is 0.153 e. The van der Waals surface area contributed by atoms with Gasteiger partial charge in [0.2, 0.25) is 0 Å². The Morgan fingerprint density at radius 1 is 1.35 bits per heavy atom. The van der Waals surface area contributed by atoms with Crippen LogP contribution in [-0.2, 0) is 13.1 Å². The fraction of sp³-hybridized carbons (Fsp3) is 0.500. The van der Waals surface area contributed by atoms with Crippen LogP contribution >= 0.6 is 0 Å². The van der Waals surface area contributed by atoms with Crippen molar-refractivity contribution in [2.45, 2.75) is 39.5 Å². The second kappa shape index (κ2) is 5.14. The van der Waals surface area contributed by atoms with E-state index in [1.54, 1.807) is 17.1 Å². The number of nitrogens with zero attached hydrogens (tertiary/aromatic N) is 4. The zero-order valence-corrected chi connectivity index (χ0v) is 10.2. The van der Waals surface area contributed by atoms with E-state index >= 15 is 0 Å². The van der Waals surface area contributed by atoms with E-state index < -0.39 is 6.10 Å². The van der Waals surface area contributed by atoms with Crippen LogP contribution in [0.15, 0.2) is 24.7 Å². The average molecular weight is 234 g/mol. The van der Waals surface area contributed by atoms with Gasteiger partial charge < -0.3 is 9.67 Å². The number of hydrogen-bond donors (Lipinski definition) is 1. The Morgan fingerprint density at radius 2 is 2.18 bits per heavy atom. The van der Waals surface area contributed by atoms with E-state index in [0.29, 0.717) is 5.82 Å². The van der Waals surface area contributed by atoms with E-state index in [0.717, 1.165) is 25.2 Å². The first-order valence-electron chi connectivity index (χ1n) is 5.98. The van der Waals surface area contributed by atoms with Gasteiger partial charge in [0, 0.05) is 31.7 Å². The predicted octanol–water partition coefficient (Wildman–Crippen LogP) is 1.59. The van der Waals surface area contributed by atoms with Crippen LogP contribution in [0.4, 0.5) is 0 Å². The first kappa shape index (κ1) is 11.9. The number of rotatable bonds is 5. The molecule has 0 saturated carbocycles. The first-order valence-corrected chi connectivity index (χ1v) is 5.98. The van der Waals surface area contributed by atoms with Crippen molar-refractivity contribution in [3.63, 3.8) is 0 Å². The van der Waals surface area contributed by atoms with E-state index in [1.807, 2.05) is 23.8 Å². The van der Waals surface area contributed by atoms with Gasteiger partial charge in [0.25, 0.3) is 0 Å². The van der Waals surface area contributed by atoms with Gasteiger partial charge in [-0.05, 0) is 19.4 Å². The van der Waals surface area contributed by atoms with Crippen molar-refractivity contribution in [2.75, 3.05) is 0 Å². The standard InChI is InChI=1S/C12H18N4O/c1-3-8-15-9-7-13-12(15)11(17)10-5-6-14-16(10)4-2/h5-7,9,11,17H,3-4,8H2,1-2H3. The molecule has 0 fully saturated rings. The molecule has 0 aliphatic heterocycles. The van der Waals surface area contributed by atoms with E-state index in [4.69, 9.17) is 0 Å². The molecular weight excluding hydrogens is 216 g/mol. The van der Waals surface area contributed by atoms with Gasteiger partial charge in [-0.3, -0.25) is 4.68 Å². The second-order valence-corrected chi connectivity index (χ2v) is 3.95. The molecule has 17 heavy (non-hydrogen) atoms. The first-order chi connectivity index (χ1) is 8.27. The Bertz CT molecular complexity index is 474. The molecule has 2 aromatic heterocycles. The molecule has 0 saturated heterocycles. The molecule has 0 aliphatic rings. The van der Waals surface area contributed by atoms with Gasteiger partial charge >= 0.3 is 0 Å². The summed E-state index contributed by atoms with van der Waals surface area (Å²) in [7, 11) is 0. The molecule has 0 spiro atoms. The van der Waals surface area contributed by atoms with E-state index in [1.165, 1.54) is 0 Å². The lowest BCUT2D eigenvalue weighted by molar-refractivity contribution is 0.192. The highest BCUT2D eigenvalue weighted by atomic mass is 16.3. The predicted molar refractivity (Wildman–Crippen MR) is 64.5 cm³/mol. The van der Waals surface area contributed by atoms with Crippen molar-refractivity contribution >= 4 is 0 Å². The minimum atomic E-state index is -0.709. The van der Waals surface area contributed by atoms with Crippen molar-refractivity contribution in [1.29, 1.82) is 0 Å². The highest BCUT2D eigenvalue weighted by Crippen LogP contribution is 2.20. The summed E-state index contributed by atoms with van der Waals surface area (Å²) in [6, 6.07) is 1.83. The highest BCUT2D eigenvalue weighted by molar-refractivity contribution is 5.14. The quantitative estimate of drug-likeness (QED) is 0.854. The maximum absolute atomic E-state index is 10.3. The zero-order valence-electron chi connectivity index (χ0n) is 10.2. The van der Waals surface area contributed by atoms with E-state index in [2.05, 4.69) is 17.0 Å². The molecule has 5 heteroatoms. The molecule has 1 unspecified atom stereocenters. The molecule has 92 valence electrons. The third-order valence-electron chi connectivity index (χ3n) is 2.79. The molecule has 2 heterocycles. The third kappa shape index (κ3) is 2.24. The summed E-state index contributed by atoms with van der Waals surface area (Å²) in [5, 5.41) is 14.5. The van der Waals surface area contributed by atoms with Crippen LogP contribution in [0.1, 0.15) is 37.9 Å². The van der Waals surface area contributed by atoms with Crippen molar-refractivity contribution in [1.82, 2.24) is 19.3 Å². The Hall–Kier alpha value is -1.62. The van der Waals surface area contributed by atoms with Gasteiger partial charge in [0.15, 0.2) is 6.10 Å². The lowest BCUT2D eigenvalue weighted by atomic mass is 10.2. The van der Waals surface area contributed by atoms with Crippen LogP contribution in [0, 0.1) is 0 Å². The molecule has 0 amide bonds. The van der Waals surface area contributed by atoms with Crippen LogP contribution in [0.2, 0.25) is 0 Å². The Morgan fingerprint density at radius 3 is 2.88 bits per heavy atom. The molecule has 0 aliphatic carbocycles. The average Bonchev–Trinajstić information content (AvgIpc) is 2.96. The van der Waals surface area contributed by atoms with Gasteiger partial charge in [-0.1, -0.05) is 6.92 Å². The number of aryl methyl sites for hydroxylation is 2. The van der Waals surface area contributed by atoms with Crippen molar-refractivity contribution in [2.24, 2.45) is 0 Å². The van der Waals surface area contributed by atoms with Gasteiger partial charge in [0.1, 0.15) is 5.82 Å². The minimum absolute atomic E-state index is 0.682. The summed E-state index contributed by atoms with van der Waals surface area (Å²) in [6.07, 6.45) is 5.63. The molecule has 0 radical (unpaired) electrons. The SMILES string of the molecule is CCCn1ccnc1C(O)c1ccnn1CC. The van der Waals surface area contributed by atoms with Gasteiger partial charge in [-0.2, -0.15) is 5.10 Å². The lowest BCUT2D eigenvalue weighted by Gasteiger charge is -2.14. The molecule has 0 aromatic carbocycles. The van der Waals surface area contributed by atoms with E-state index in [9.17, 15) is 5.11 Å². The molecule has 0 bridgehead atoms. The third-order valence-corrected chi connectivity index (χ3v) is 2.79. The second-order valence-electron chi connectivity index (χ2n) is 3.95. The minimum Gasteiger partial charge on any atom is -0.379 e. The summed E-state index contributed by atoms with van der Waals surface area (Å²) < 4.78 is 3.77. The lowest BCUT2D eigenvalue weighted by Crippen LogP contribution is -2.14. The zero-order chi connectivity index (χ0) is 12.3. The number of aromatic nitrogens is 4. The van der Waals surface area contributed by atoms with Gasteiger partial charge in [-0.25, -0.2) is 4.98 Å². The Kier molecular flexibility index (Phi) is 3.58. The topological polar surface area (TPSA) is 55.9 Å². The number of hydrogen-bond acceptors (Lipinski definition) is 3. The van der Waals surface area contributed by atoms with Crippen molar-refractivity contribution < 1.29 is 5.11 Å². The fourth-order valence-corrected chi connectivity index (χ4v) is 1.97. The number of aliphatic hydroxyl groups excluding tert-OH is 1. The van der Waals surface area contributed by atoms with Crippen LogP contribution in [-0.4, -0.2) is 24.4 Å². The summed E-state index contributed by atoms with van der Waals surface area (Å²) in [5.41, 5.74) is 0.788. The summed E-state index contributed by atoms with van der Waals surface area (Å²) >= 11 is 0. The smallest absolute Gasteiger partial charge is 0.153 e. The molecule has 2 aromatic rings. The Labute approximate surface area is 101 Å². The molecule has 1 atom stereocenters. The number of imidazole rings is 1. The molecule has 1 N–H and O–H groups in total. The van der Waals surface area contributed by atoms with Crippen LogP contribution in [0.5, 0.6) is 0 Å².